The van der Waals surface area contributed by atoms with E-state index in [1.54, 1.807) is 11.3 Å². The van der Waals surface area contributed by atoms with Crippen LogP contribution in [0.1, 0.15) is 5.56 Å². The molecular formula is C12H14N6. The zero-order chi connectivity index (χ0) is 12.2. The predicted octanol–water partition coefficient (Wildman–Crippen LogP) is 1.37. The Labute approximate surface area is 105 Å². The molecule has 2 heterocycles. The van der Waals surface area contributed by atoms with Crippen molar-refractivity contribution in [3.63, 3.8) is 0 Å². The average Bonchev–Trinajstić information content (AvgIpc) is 3.09. The van der Waals surface area contributed by atoms with Crippen molar-refractivity contribution in [2.24, 2.45) is 20.4 Å². The van der Waals surface area contributed by atoms with Gasteiger partial charge in [0.25, 0.3) is 0 Å². The molecule has 0 spiro atoms. The second-order valence-corrected chi connectivity index (χ2v) is 4.06. The Kier molecular flexibility index (Phi) is 2.99. The molecule has 0 saturated carbocycles. The highest BCUT2D eigenvalue weighted by Crippen LogP contribution is 2.12. The van der Waals surface area contributed by atoms with E-state index in [1.807, 2.05) is 35.3 Å². The van der Waals surface area contributed by atoms with Gasteiger partial charge in [0.05, 0.1) is 26.2 Å². The van der Waals surface area contributed by atoms with Crippen LogP contribution in [0.2, 0.25) is 0 Å². The zero-order valence-electron chi connectivity index (χ0n) is 9.98. The largest absolute Gasteiger partial charge is 0.272 e. The molecule has 0 radical (unpaired) electrons. The van der Waals surface area contributed by atoms with Crippen LogP contribution in [0, 0.1) is 0 Å². The lowest BCUT2D eigenvalue weighted by molar-refractivity contribution is 0.367. The molecule has 6 heteroatoms. The fourth-order valence-corrected chi connectivity index (χ4v) is 1.89. The first-order valence-corrected chi connectivity index (χ1v) is 5.99. The van der Waals surface area contributed by atoms with E-state index in [9.17, 15) is 0 Å². The lowest BCUT2D eigenvalue weighted by Gasteiger charge is -2.13. The Hall–Kier alpha value is -2.24. The molecule has 0 aromatic heterocycles. The van der Waals surface area contributed by atoms with Gasteiger partial charge in [-0.3, -0.25) is 9.98 Å². The van der Waals surface area contributed by atoms with Crippen LogP contribution in [0.15, 0.2) is 50.8 Å². The van der Waals surface area contributed by atoms with Gasteiger partial charge in [0, 0.05) is 5.56 Å². The van der Waals surface area contributed by atoms with Gasteiger partial charge in [-0.15, -0.1) is 0 Å². The van der Waals surface area contributed by atoms with Gasteiger partial charge in [0.15, 0.2) is 5.84 Å². The third-order valence-corrected chi connectivity index (χ3v) is 2.79. The third-order valence-electron chi connectivity index (χ3n) is 2.79. The van der Waals surface area contributed by atoms with Gasteiger partial charge in [0.1, 0.15) is 6.34 Å². The van der Waals surface area contributed by atoms with E-state index >= 15 is 0 Å². The van der Waals surface area contributed by atoms with E-state index in [0.717, 1.165) is 37.6 Å². The first-order valence-electron chi connectivity index (χ1n) is 5.99. The summed E-state index contributed by atoms with van der Waals surface area (Å²) < 4.78 is 0. The van der Waals surface area contributed by atoms with E-state index in [0.29, 0.717) is 0 Å². The normalized spacial score (nSPS) is 19.0. The van der Waals surface area contributed by atoms with E-state index < -0.39 is 0 Å². The SMILES string of the molecule is C1=NCCN1N=NN1CCN=C1c1ccccc1. The monoisotopic (exact) mass is 242 g/mol. The molecule has 2 aliphatic rings. The van der Waals surface area contributed by atoms with Crippen molar-refractivity contribution in [3.8, 4) is 0 Å². The summed E-state index contributed by atoms with van der Waals surface area (Å²) >= 11 is 0. The Morgan fingerprint density at radius 2 is 1.89 bits per heavy atom. The van der Waals surface area contributed by atoms with Gasteiger partial charge in [-0.25, -0.2) is 10.0 Å². The fraction of sp³-hybridized carbons (Fsp3) is 0.333. The van der Waals surface area contributed by atoms with Crippen LogP contribution in [-0.4, -0.2) is 48.4 Å². The second-order valence-electron chi connectivity index (χ2n) is 4.06. The number of amidine groups is 1. The minimum atomic E-state index is 0.761. The minimum Gasteiger partial charge on any atom is -0.272 e. The summed E-state index contributed by atoms with van der Waals surface area (Å²) in [6, 6.07) is 10.1. The van der Waals surface area contributed by atoms with Gasteiger partial charge < -0.3 is 0 Å². The molecule has 1 aromatic carbocycles. The van der Waals surface area contributed by atoms with Crippen LogP contribution in [0.5, 0.6) is 0 Å². The summed E-state index contributed by atoms with van der Waals surface area (Å²) in [4.78, 5) is 8.55. The second kappa shape index (κ2) is 4.95. The molecule has 2 aliphatic heterocycles. The van der Waals surface area contributed by atoms with Gasteiger partial charge in [-0.05, 0) is 10.4 Å². The molecule has 0 fully saturated rings. The maximum atomic E-state index is 4.47. The highest BCUT2D eigenvalue weighted by atomic mass is 15.7. The molecule has 0 atom stereocenters. The molecular weight excluding hydrogens is 228 g/mol. The fourth-order valence-electron chi connectivity index (χ4n) is 1.89. The van der Waals surface area contributed by atoms with E-state index in [4.69, 9.17) is 0 Å². The molecule has 0 N–H and O–H groups in total. The summed E-state index contributed by atoms with van der Waals surface area (Å²) in [6.07, 6.45) is 1.71. The van der Waals surface area contributed by atoms with Crippen molar-refractivity contribution >= 4 is 12.2 Å². The molecule has 0 aliphatic carbocycles. The Morgan fingerprint density at radius 1 is 1.00 bits per heavy atom. The quantitative estimate of drug-likeness (QED) is 0.752. The van der Waals surface area contributed by atoms with Gasteiger partial charge in [-0.2, -0.15) is 0 Å². The van der Waals surface area contributed by atoms with E-state index in [-0.39, 0.29) is 0 Å². The summed E-state index contributed by atoms with van der Waals surface area (Å²) in [5, 5.41) is 11.9. The molecule has 18 heavy (non-hydrogen) atoms. The van der Waals surface area contributed by atoms with Crippen LogP contribution >= 0.6 is 0 Å². The predicted molar refractivity (Wildman–Crippen MR) is 69.5 cm³/mol. The lowest BCUT2D eigenvalue weighted by atomic mass is 10.2. The van der Waals surface area contributed by atoms with Crippen LogP contribution in [0.25, 0.3) is 0 Å². The number of rotatable bonds is 3. The van der Waals surface area contributed by atoms with Crippen molar-refractivity contribution < 1.29 is 0 Å². The Morgan fingerprint density at radius 3 is 2.67 bits per heavy atom. The van der Waals surface area contributed by atoms with Crippen molar-refractivity contribution in [2.45, 2.75) is 0 Å². The number of benzene rings is 1. The van der Waals surface area contributed by atoms with Gasteiger partial charge in [0.2, 0.25) is 0 Å². The maximum absolute atomic E-state index is 4.47. The maximum Gasteiger partial charge on any atom is 0.153 e. The van der Waals surface area contributed by atoms with Gasteiger partial charge >= 0.3 is 0 Å². The average molecular weight is 242 g/mol. The molecule has 0 saturated heterocycles. The van der Waals surface area contributed by atoms with E-state index in [1.165, 1.54) is 0 Å². The van der Waals surface area contributed by atoms with E-state index in [2.05, 4.69) is 20.4 Å². The summed E-state index contributed by atoms with van der Waals surface area (Å²) in [5.41, 5.74) is 1.07. The Balaban J connectivity index is 1.73. The molecule has 3 rings (SSSR count). The minimum absolute atomic E-state index is 0.761. The zero-order valence-corrected chi connectivity index (χ0v) is 9.98. The summed E-state index contributed by atoms with van der Waals surface area (Å²) in [6.45, 7) is 3.13. The van der Waals surface area contributed by atoms with Crippen LogP contribution < -0.4 is 0 Å². The molecule has 0 unspecified atom stereocenters. The Bertz CT molecular complexity index is 493. The highest BCUT2D eigenvalue weighted by Gasteiger charge is 2.18. The first kappa shape index (κ1) is 10.9. The number of hydrogen-bond donors (Lipinski definition) is 0. The molecule has 92 valence electrons. The van der Waals surface area contributed by atoms with Crippen molar-refractivity contribution in [1.29, 1.82) is 0 Å². The van der Waals surface area contributed by atoms with Crippen molar-refractivity contribution in [3.05, 3.63) is 35.9 Å². The summed E-state index contributed by atoms with van der Waals surface area (Å²) in [5.74, 6) is 0.885. The van der Waals surface area contributed by atoms with Crippen LogP contribution in [0.4, 0.5) is 0 Å². The summed E-state index contributed by atoms with van der Waals surface area (Å²) in [7, 11) is 0. The first-order chi connectivity index (χ1) is 8.93. The lowest BCUT2D eigenvalue weighted by Crippen LogP contribution is -2.23. The van der Waals surface area contributed by atoms with Crippen LogP contribution in [0.3, 0.4) is 0 Å². The van der Waals surface area contributed by atoms with Crippen molar-refractivity contribution in [2.75, 3.05) is 26.2 Å². The highest BCUT2D eigenvalue weighted by molar-refractivity contribution is 5.99. The van der Waals surface area contributed by atoms with Gasteiger partial charge in [-0.1, -0.05) is 30.3 Å². The molecule has 0 bridgehead atoms. The molecule has 1 aromatic rings. The van der Waals surface area contributed by atoms with Crippen molar-refractivity contribution in [1.82, 2.24) is 10.0 Å². The number of hydrogen-bond acceptors (Lipinski definition) is 4. The molecule has 0 amide bonds. The standard InChI is InChI=1S/C12H14N6/c1-2-4-11(5-3-1)12-14-7-9-18(12)16-15-17-8-6-13-10-17/h1-5,10H,6-9H2. The third kappa shape index (κ3) is 2.22. The number of nitrogens with zero attached hydrogens (tertiary/aromatic N) is 6. The van der Waals surface area contributed by atoms with Crippen LogP contribution in [-0.2, 0) is 0 Å². The number of aliphatic imine (C=N–C) groups is 2. The topological polar surface area (TPSA) is 55.9 Å². The smallest absolute Gasteiger partial charge is 0.153 e. The molecule has 6 nitrogen and oxygen atoms in total.